The van der Waals surface area contributed by atoms with E-state index in [2.05, 4.69) is 11.8 Å². The Morgan fingerprint density at radius 1 is 1.05 bits per heavy atom. The van der Waals surface area contributed by atoms with Crippen molar-refractivity contribution >= 4 is 5.97 Å². The highest BCUT2D eigenvalue weighted by atomic mass is 16.4. The van der Waals surface area contributed by atoms with Crippen molar-refractivity contribution in [3.8, 4) is 0 Å². The minimum absolute atomic E-state index is 0.208. The maximum Gasteiger partial charge on any atom is 0.320 e. The first kappa shape index (κ1) is 14.4. The Morgan fingerprint density at radius 3 is 2.40 bits per heavy atom. The fourth-order valence-electron chi connectivity index (χ4n) is 5.17. The average Bonchev–Trinajstić information content (AvgIpc) is 2.87. The van der Waals surface area contributed by atoms with Gasteiger partial charge in [0.2, 0.25) is 0 Å². The first-order chi connectivity index (χ1) is 9.68. The summed E-state index contributed by atoms with van der Waals surface area (Å²) in [5.74, 6) is 0.796. The number of carbonyl (C=O) groups is 1. The van der Waals surface area contributed by atoms with Crippen LogP contribution in [0.15, 0.2) is 0 Å². The lowest BCUT2D eigenvalue weighted by molar-refractivity contribution is -0.144. The molecule has 4 unspecified atom stereocenters. The molecular formula is C17H29NO2. The van der Waals surface area contributed by atoms with Crippen LogP contribution < -0.4 is 0 Å². The number of fused-ring (bicyclic) bond motifs is 1. The van der Waals surface area contributed by atoms with E-state index < -0.39 is 5.97 Å². The molecule has 0 aromatic rings. The van der Waals surface area contributed by atoms with Gasteiger partial charge in [-0.05, 0) is 50.9 Å². The average molecular weight is 279 g/mol. The van der Waals surface area contributed by atoms with E-state index in [0.717, 1.165) is 12.3 Å². The van der Waals surface area contributed by atoms with E-state index in [4.69, 9.17) is 0 Å². The quantitative estimate of drug-likeness (QED) is 0.857. The van der Waals surface area contributed by atoms with Gasteiger partial charge in [-0.3, -0.25) is 9.69 Å². The molecule has 114 valence electrons. The van der Waals surface area contributed by atoms with E-state index in [0.29, 0.717) is 18.0 Å². The van der Waals surface area contributed by atoms with Crippen LogP contribution >= 0.6 is 0 Å². The molecule has 1 N–H and O–H groups in total. The maximum absolute atomic E-state index is 11.7. The van der Waals surface area contributed by atoms with Crippen LogP contribution in [0.1, 0.15) is 71.1 Å². The molecule has 0 aromatic heterocycles. The fraction of sp³-hybridized carbons (Fsp3) is 0.941. The van der Waals surface area contributed by atoms with Gasteiger partial charge in [0.1, 0.15) is 6.04 Å². The Kier molecular flexibility index (Phi) is 4.34. The van der Waals surface area contributed by atoms with Gasteiger partial charge in [-0.1, -0.05) is 32.1 Å². The second-order valence-electron chi connectivity index (χ2n) is 7.29. The van der Waals surface area contributed by atoms with Crippen LogP contribution in [0.25, 0.3) is 0 Å². The number of nitrogens with zero attached hydrogens (tertiary/aromatic N) is 1. The topological polar surface area (TPSA) is 40.5 Å². The van der Waals surface area contributed by atoms with Gasteiger partial charge >= 0.3 is 5.97 Å². The Bertz CT molecular complexity index is 351. The van der Waals surface area contributed by atoms with Gasteiger partial charge in [0.15, 0.2) is 0 Å². The minimum Gasteiger partial charge on any atom is -0.480 e. The normalized spacial score (nSPS) is 37.5. The third-order valence-corrected chi connectivity index (χ3v) is 6.23. The molecule has 0 aromatic carbocycles. The number of carboxylic acids is 1. The summed E-state index contributed by atoms with van der Waals surface area (Å²) in [5.41, 5.74) is 0. The summed E-state index contributed by atoms with van der Waals surface area (Å²) in [6.45, 7) is 2.31. The molecule has 2 saturated carbocycles. The zero-order valence-electron chi connectivity index (χ0n) is 12.8. The Hall–Kier alpha value is -0.570. The largest absolute Gasteiger partial charge is 0.480 e. The smallest absolute Gasteiger partial charge is 0.320 e. The van der Waals surface area contributed by atoms with Crippen molar-refractivity contribution in [1.29, 1.82) is 0 Å². The Balaban J connectivity index is 1.77. The van der Waals surface area contributed by atoms with Crippen molar-refractivity contribution in [3.63, 3.8) is 0 Å². The van der Waals surface area contributed by atoms with Crippen LogP contribution in [0.3, 0.4) is 0 Å². The number of hydrogen-bond donors (Lipinski definition) is 1. The predicted molar refractivity (Wildman–Crippen MR) is 79.7 cm³/mol. The van der Waals surface area contributed by atoms with Crippen molar-refractivity contribution in [3.05, 3.63) is 0 Å². The molecule has 1 aliphatic heterocycles. The van der Waals surface area contributed by atoms with Crippen molar-refractivity contribution in [2.45, 2.75) is 89.3 Å². The lowest BCUT2D eigenvalue weighted by Gasteiger charge is -2.41. The Labute approximate surface area is 122 Å². The maximum atomic E-state index is 11.7. The van der Waals surface area contributed by atoms with Gasteiger partial charge in [-0.15, -0.1) is 0 Å². The second-order valence-corrected chi connectivity index (χ2v) is 7.29. The SMILES string of the molecule is CC(C1CCCCC1)N1C(C(=O)O)CC2CCCCC21. The van der Waals surface area contributed by atoms with E-state index in [1.165, 1.54) is 57.8 Å². The van der Waals surface area contributed by atoms with Gasteiger partial charge in [0, 0.05) is 12.1 Å². The van der Waals surface area contributed by atoms with E-state index in [-0.39, 0.29) is 6.04 Å². The number of aliphatic carboxylic acids is 1. The highest BCUT2D eigenvalue weighted by molar-refractivity contribution is 5.74. The molecule has 3 heteroatoms. The van der Waals surface area contributed by atoms with Crippen molar-refractivity contribution in [2.24, 2.45) is 11.8 Å². The van der Waals surface area contributed by atoms with Crippen LogP contribution in [-0.2, 0) is 4.79 Å². The predicted octanol–water partition coefficient (Wildman–Crippen LogP) is 3.67. The van der Waals surface area contributed by atoms with Crippen LogP contribution in [-0.4, -0.2) is 34.1 Å². The summed E-state index contributed by atoms with van der Waals surface area (Å²) in [6.07, 6.45) is 12.6. The molecule has 3 rings (SSSR count). The molecule has 0 spiro atoms. The van der Waals surface area contributed by atoms with Crippen molar-refractivity contribution in [2.75, 3.05) is 0 Å². The number of likely N-dealkylation sites (tertiary alicyclic amines) is 1. The molecule has 1 heterocycles. The van der Waals surface area contributed by atoms with E-state index >= 15 is 0 Å². The molecule has 0 bridgehead atoms. The van der Waals surface area contributed by atoms with Crippen LogP contribution in [0, 0.1) is 11.8 Å². The van der Waals surface area contributed by atoms with Gasteiger partial charge < -0.3 is 5.11 Å². The summed E-state index contributed by atoms with van der Waals surface area (Å²) >= 11 is 0. The van der Waals surface area contributed by atoms with Crippen molar-refractivity contribution in [1.82, 2.24) is 4.90 Å². The first-order valence-corrected chi connectivity index (χ1v) is 8.68. The molecule has 0 amide bonds. The van der Waals surface area contributed by atoms with E-state index in [9.17, 15) is 9.90 Å². The molecule has 20 heavy (non-hydrogen) atoms. The molecule has 3 nitrogen and oxygen atoms in total. The third kappa shape index (κ3) is 2.61. The Morgan fingerprint density at radius 2 is 1.70 bits per heavy atom. The third-order valence-electron chi connectivity index (χ3n) is 6.23. The number of rotatable bonds is 3. The molecular weight excluding hydrogens is 250 g/mol. The van der Waals surface area contributed by atoms with Gasteiger partial charge in [0.05, 0.1) is 0 Å². The lowest BCUT2D eigenvalue weighted by Crippen LogP contribution is -2.50. The monoisotopic (exact) mass is 279 g/mol. The zero-order chi connectivity index (χ0) is 14.1. The van der Waals surface area contributed by atoms with Crippen molar-refractivity contribution < 1.29 is 9.90 Å². The summed E-state index contributed by atoms with van der Waals surface area (Å²) in [6, 6.07) is 0.811. The van der Waals surface area contributed by atoms with E-state index in [1.54, 1.807) is 0 Å². The van der Waals surface area contributed by atoms with Gasteiger partial charge in [0.25, 0.3) is 0 Å². The highest BCUT2D eigenvalue weighted by Gasteiger charge is 2.48. The molecule has 1 saturated heterocycles. The van der Waals surface area contributed by atoms with Gasteiger partial charge in [-0.2, -0.15) is 0 Å². The summed E-state index contributed by atoms with van der Waals surface area (Å²) in [4.78, 5) is 14.1. The number of hydrogen-bond acceptors (Lipinski definition) is 2. The first-order valence-electron chi connectivity index (χ1n) is 8.68. The molecule has 3 aliphatic rings. The van der Waals surface area contributed by atoms with Crippen LogP contribution in [0.5, 0.6) is 0 Å². The second kappa shape index (κ2) is 6.05. The van der Waals surface area contributed by atoms with Gasteiger partial charge in [-0.25, -0.2) is 0 Å². The highest BCUT2D eigenvalue weighted by Crippen LogP contribution is 2.43. The number of carboxylic acid groups (broad SMARTS) is 1. The molecule has 3 fully saturated rings. The fourth-order valence-corrected chi connectivity index (χ4v) is 5.17. The molecule has 0 radical (unpaired) electrons. The zero-order valence-corrected chi connectivity index (χ0v) is 12.8. The summed E-state index contributed by atoms with van der Waals surface area (Å²) in [7, 11) is 0. The lowest BCUT2D eigenvalue weighted by atomic mass is 9.81. The molecule has 2 aliphatic carbocycles. The summed E-state index contributed by atoms with van der Waals surface area (Å²) in [5, 5.41) is 9.64. The van der Waals surface area contributed by atoms with Crippen LogP contribution in [0.2, 0.25) is 0 Å². The summed E-state index contributed by atoms with van der Waals surface area (Å²) < 4.78 is 0. The molecule has 4 atom stereocenters. The standard InChI is InChI=1S/C17H29NO2/c1-12(13-7-3-2-4-8-13)18-15-10-6-5-9-14(15)11-16(18)17(19)20/h12-16H,2-11H2,1H3,(H,19,20). The van der Waals surface area contributed by atoms with Crippen LogP contribution in [0.4, 0.5) is 0 Å². The van der Waals surface area contributed by atoms with E-state index in [1.807, 2.05) is 0 Å². The minimum atomic E-state index is -0.581.